The molecule has 8 heteroatoms. The lowest BCUT2D eigenvalue weighted by Gasteiger charge is -2.26. The lowest BCUT2D eigenvalue weighted by atomic mass is 9.99. The van der Waals surface area contributed by atoms with Gasteiger partial charge in [-0.1, -0.05) is 32.0 Å². The van der Waals surface area contributed by atoms with Gasteiger partial charge in [0.15, 0.2) is 0 Å². The van der Waals surface area contributed by atoms with Crippen LogP contribution in [0, 0.1) is 12.7 Å². The maximum atomic E-state index is 15.0. The number of amides is 2. The Kier molecular flexibility index (Phi) is 7.01. The van der Waals surface area contributed by atoms with E-state index in [9.17, 15) is 4.79 Å². The van der Waals surface area contributed by atoms with Crippen LogP contribution in [-0.2, 0) is 4.74 Å². The number of ether oxygens (including phenoxy) is 1. The molecule has 1 aliphatic rings. The number of hydrogen-bond donors (Lipinski definition) is 2. The van der Waals surface area contributed by atoms with E-state index in [1.807, 2.05) is 43.3 Å². The van der Waals surface area contributed by atoms with E-state index in [4.69, 9.17) is 9.72 Å². The number of anilines is 1. The highest BCUT2D eigenvalue weighted by atomic mass is 19.1. The maximum absolute atomic E-state index is 15.0. The van der Waals surface area contributed by atoms with Gasteiger partial charge in [-0.05, 0) is 55.0 Å². The minimum atomic E-state index is -0.330. The Morgan fingerprint density at radius 1 is 1.03 bits per heavy atom. The minimum Gasteiger partial charge on any atom is -0.378 e. The van der Waals surface area contributed by atoms with E-state index in [0.717, 1.165) is 34.2 Å². The molecule has 7 nitrogen and oxygen atoms in total. The summed E-state index contributed by atoms with van der Waals surface area (Å²) >= 11 is 0. The second kappa shape index (κ2) is 10.5. The molecule has 0 radical (unpaired) electrons. The van der Waals surface area contributed by atoms with Gasteiger partial charge < -0.3 is 19.9 Å². The quantitative estimate of drug-likeness (QED) is 0.340. The topological polar surface area (TPSA) is 83.1 Å². The van der Waals surface area contributed by atoms with Crippen molar-refractivity contribution in [3.63, 3.8) is 0 Å². The van der Waals surface area contributed by atoms with E-state index in [2.05, 4.69) is 29.1 Å². The van der Waals surface area contributed by atoms with Gasteiger partial charge in [0.05, 0.1) is 30.3 Å². The number of morpholine rings is 1. The molecular weight excluding hydrogens is 469 g/mol. The SMILES string of the molecule is Cc1cccc(-c2[nH]c(C(C)C)nc2-c2ccc(F)c(-c3ccc(NC(=O)N4CCOCC4)cc3)c2)n1. The number of H-pyrrole nitrogens is 1. The summed E-state index contributed by atoms with van der Waals surface area (Å²) in [5, 5.41) is 2.90. The molecule has 5 rings (SSSR count). The van der Waals surface area contributed by atoms with Gasteiger partial charge in [-0.25, -0.2) is 14.2 Å². The number of urea groups is 1. The molecule has 2 aromatic carbocycles. The van der Waals surface area contributed by atoms with E-state index >= 15 is 4.39 Å². The smallest absolute Gasteiger partial charge is 0.321 e. The van der Waals surface area contributed by atoms with Crippen molar-refractivity contribution in [2.75, 3.05) is 31.6 Å². The van der Waals surface area contributed by atoms with Gasteiger partial charge in [0.2, 0.25) is 0 Å². The van der Waals surface area contributed by atoms with Gasteiger partial charge in [0.1, 0.15) is 11.6 Å². The summed E-state index contributed by atoms with van der Waals surface area (Å²) in [6.45, 7) is 8.31. The van der Waals surface area contributed by atoms with Gasteiger partial charge in [0, 0.05) is 41.5 Å². The molecule has 2 N–H and O–H groups in total. The molecule has 1 fully saturated rings. The van der Waals surface area contributed by atoms with Crippen molar-refractivity contribution in [1.29, 1.82) is 0 Å². The second-order valence-corrected chi connectivity index (χ2v) is 9.47. The predicted octanol–water partition coefficient (Wildman–Crippen LogP) is 6.24. The summed E-state index contributed by atoms with van der Waals surface area (Å²) < 4.78 is 20.3. The molecule has 2 aromatic heterocycles. The second-order valence-electron chi connectivity index (χ2n) is 9.47. The zero-order valence-corrected chi connectivity index (χ0v) is 21.2. The zero-order chi connectivity index (χ0) is 25.9. The van der Waals surface area contributed by atoms with Crippen molar-refractivity contribution in [1.82, 2.24) is 19.9 Å². The Bertz CT molecular complexity index is 1410. The Morgan fingerprint density at radius 2 is 1.76 bits per heavy atom. The third-order valence-corrected chi connectivity index (χ3v) is 6.40. The molecule has 4 aromatic rings. The number of nitrogens with one attached hydrogen (secondary N) is 2. The van der Waals surface area contributed by atoms with E-state index in [1.165, 1.54) is 6.07 Å². The minimum absolute atomic E-state index is 0.166. The van der Waals surface area contributed by atoms with Crippen LogP contribution in [0.25, 0.3) is 33.8 Å². The van der Waals surface area contributed by atoms with E-state index in [1.54, 1.807) is 23.1 Å². The lowest BCUT2D eigenvalue weighted by molar-refractivity contribution is 0.0564. The van der Waals surface area contributed by atoms with Crippen molar-refractivity contribution in [3.8, 4) is 33.8 Å². The Labute approximate surface area is 215 Å². The van der Waals surface area contributed by atoms with Gasteiger partial charge in [-0.3, -0.25) is 4.98 Å². The number of carbonyl (C=O) groups excluding carboxylic acids is 1. The average Bonchev–Trinajstić information content (AvgIpc) is 3.36. The zero-order valence-electron chi connectivity index (χ0n) is 21.2. The Hall–Kier alpha value is -4.04. The number of imidazole rings is 1. The first-order chi connectivity index (χ1) is 17.9. The molecule has 37 heavy (non-hydrogen) atoms. The molecule has 0 bridgehead atoms. The van der Waals surface area contributed by atoms with Gasteiger partial charge in [0.25, 0.3) is 0 Å². The van der Waals surface area contributed by atoms with Crippen LogP contribution >= 0.6 is 0 Å². The number of nitrogens with zero attached hydrogens (tertiary/aromatic N) is 3. The molecule has 0 spiro atoms. The third kappa shape index (κ3) is 5.39. The van der Waals surface area contributed by atoms with Crippen LogP contribution in [0.3, 0.4) is 0 Å². The first-order valence-electron chi connectivity index (χ1n) is 12.5. The lowest BCUT2D eigenvalue weighted by Crippen LogP contribution is -2.43. The molecule has 0 saturated carbocycles. The number of aromatic nitrogens is 3. The predicted molar refractivity (Wildman–Crippen MR) is 143 cm³/mol. The van der Waals surface area contributed by atoms with Crippen LogP contribution in [0.1, 0.15) is 31.3 Å². The number of rotatable bonds is 5. The van der Waals surface area contributed by atoms with Crippen molar-refractivity contribution in [2.24, 2.45) is 0 Å². The fraction of sp³-hybridized carbons (Fsp3) is 0.276. The molecule has 0 unspecified atom stereocenters. The summed E-state index contributed by atoms with van der Waals surface area (Å²) in [6.07, 6.45) is 0. The number of aryl methyl sites for hydroxylation is 1. The number of benzene rings is 2. The Balaban J connectivity index is 1.45. The molecule has 1 aliphatic heterocycles. The normalized spacial score (nSPS) is 13.7. The van der Waals surface area contributed by atoms with Crippen LogP contribution in [0.5, 0.6) is 0 Å². The van der Waals surface area contributed by atoms with E-state index in [-0.39, 0.29) is 17.8 Å². The highest BCUT2D eigenvalue weighted by Gasteiger charge is 2.19. The standard InChI is InChI=1S/C29H30FN5O2/c1-18(2)28-33-26(27(34-28)25-6-4-5-19(3)31-25)21-9-12-24(30)23(17-21)20-7-10-22(11-8-20)32-29(36)35-13-15-37-16-14-35/h4-12,17-18H,13-16H2,1-3H3,(H,32,36)(H,33,34). The monoisotopic (exact) mass is 499 g/mol. The van der Waals surface area contributed by atoms with Crippen LogP contribution in [0.4, 0.5) is 14.9 Å². The average molecular weight is 500 g/mol. The summed E-state index contributed by atoms with van der Waals surface area (Å²) in [5.74, 6) is 0.709. The van der Waals surface area contributed by atoms with Crippen LogP contribution in [0.15, 0.2) is 60.7 Å². The summed E-state index contributed by atoms with van der Waals surface area (Å²) in [7, 11) is 0. The van der Waals surface area contributed by atoms with Crippen molar-refractivity contribution in [3.05, 3.63) is 78.0 Å². The highest BCUT2D eigenvalue weighted by molar-refractivity contribution is 5.90. The Morgan fingerprint density at radius 3 is 2.46 bits per heavy atom. The first kappa shape index (κ1) is 24.6. The van der Waals surface area contributed by atoms with Crippen molar-refractivity contribution >= 4 is 11.7 Å². The van der Waals surface area contributed by atoms with Gasteiger partial charge in [-0.15, -0.1) is 0 Å². The molecule has 1 saturated heterocycles. The maximum Gasteiger partial charge on any atom is 0.321 e. The largest absolute Gasteiger partial charge is 0.378 e. The van der Waals surface area contributed by atoms with Gasteiger partial charge >= 0.3 is 6.03 Å². The third-order valence-electron chi connectivity index (χ3n) is 6.40. The molecular formula is C29H30FN5O2. The molecule has 3 heterocycles. The molecule has 0 atom stereocenters. The summed E-state index contributed by atoms with van der Waals surface area (Å²) in [5.41, 5.74) is 5.86. The molecule has 190 valence electrons. The number of aromatic amines is 1. The van der Waals surface area contributed by atoms with E-state index in [0.29, 0.717) is 43.1 Å². The van der Waals surface area contributed by atoms with Crippen LogP contribution in [-0.4, -0.2) is 52.2 Å². The fourth-order valence-corrected chi connectivity index (χ4v) is 4.34. The molecule has 0 aliphatic carbocycles. The summed E-state index contributed by atoms with van der Waals surface area (Å²) in [4.78, 5) is 27.2. The molecule has 2 amide bonds. The summed E-state index contributed by atoms with van der Waals surface area (Å²) in [6, 6.07) is 17.9. The number of hydrogen-bond acceptors (Lipinski definition) is 4. The highest BCUT2D eigenvalue weighted by Crippen LogP contribution is 2.34. The van der Waals surface area contributed by atoms with Crippen molar-refractivity contribution < 1.29 is 13.9 Å². The van der Waals surface area contributed by atoms with Crippen LogP contribution < -0.4 is 5.32 Å². The first-order valence-corrected chi connectivity index (χ1v) is 12.5. The number of pyridine rings is 1. The van der Waals surface area contributed by atoms with Gasteiger partial charge in [-0.2, -0.15) is 0 Å². The fourth-order valence-electron chi connectivity index (χ4n) is 4.34. The van der Waals surface area contributed by atoms with E-state index < -0.39 is 0 Å². The van der Waals surface area contributed by atoms with Crippen LogP contribution in [0.2, 0.25) is 0 Å². The number of carbonyl (C=O) groups is 1. The van der Waals surface area contributed by atoms with Crippen molar-refractivity contribution in [2.45, 2.75) is 26.7 Å². The number of halogens is 1.